The Morgan fingerprint density at radius 1 is 0.446 bits per heavy atom. The molecule has 9 heteroatoms. The van der Waals surface area contributed by atoms with E-state index in [1.165, 1.54) is 141 Å². The normalized spacial score (nSPS) is 12.7. The Morgan fingerprint density at radius 2 is 0.786 bits per heavy atom. The van der Waals surface area contributed by atoms with Gasteiger partial charge >= 0.3 is 19.8 Å². The molecule has 0 aromatic carbocycles. The molecule has 56 heavy (non-hydrogen) atoms. The van der Waals surface area contributed by atoms with Crippen LogP contribution in [0.2, 0.25) is 0 Å². The lowest BCUT2D eigenvalue weighted by Gasteiger charge is -2.18. The van der Waals surface area contributed by atoms with Gasteiger partial charge in [-0.3, -0.25) is 14.1 Å². The quantitative estimate of drug-likeness (QED) is 0.0270. The summed E-state index contributed by atoms with van der Waals surface area (Å²) in [5.41, 5.74) is 0. The van der Waals surface area contributed by atoms with Gasteiger partial charge in [-0.15, -0.1) is 0 Å². The first-order chi connectivity index (χ1) is 27.3. The van der Waals surface area contributed by atoms with Crippen LogP contribution in [-0.2, 0) is 28.2 Å². The maximum Gasteiger partial charge on any atom is 0.469 e. The third-order valence-corrected chi connectivity index (χ3v) is 10.6. The molecule has 0 unspecified atom stereocenters. The fourth-order valence-electron chi connectivity index (χ4n) is 6.62. The van der Waals surface area contributed by atoms with E-state index >= 15 is 0 Å². The van der Waals surface area contributed by atoms with Crippen molar-refractivity contribution in [1.29, 1.82) is 0 Å². The van der Waals surface area contributed by atoms with Gasteiger partial charge in [0.2, 0.25) is 0 Å². The van der Waals surface area contributed by atoms with Gasteiger partial charge in [-0.2, -0.15) is 0 Å². The van der Waals surface area contributed by atoms with Gasteiger partial charge in [0.15, 0.2) is 6.10 Å². The van der Waals surface area contributed by atoms with E-state index in [9.17, 15) is 14.2 Å². The van der Waals surface area contributed by atoms with Gasteiger partial charge in [0, 0.05) is 12.8 Å². The Morgan fingerprint density at radius 3 is 1.21 bits per heavy atom. The van der Waals surface area contributed by atoms with Crippen molar-refractivity contribution in [3.63, 3.8) is 0 Å². The summed E-state index contributed by atoms with van der Waals surface area (Å²) in [5, 5.41) is 0. The molecule has 0 fully saturated rings. The molecule has 0 radical (unpaired) electrons. The monoisotopic (exact) mass is 811 g/mol. The lowest BCUT2D eigenvalue weighted by atomic mass is 10.0. The molecule has 0 saturated heterocycles. The molecule has 2 N–H and O–H groups in total. The van der Waals surface area contributed by atoms with E-state index in [-0.39, 0.29) is 19.4 Å². The number of carbonyl (C=O) groups is 2. The summed E-state index contributed by atoms with van der Waals surface area (Å²) in [4.78, 5) is 42.9. The molecule has 0 aliphatic carbocycles. The standard InChI is InChI=1S/C47H87O8P/c1-3-5-7-9-11-13-15-17-19-20-21-22-23-24-25-26-28-29-31-33-35-37-39-41-46(48)53-43-45(44-54-56(50,51)52)55-47(49)42-40-38-36-34-32-30-27-18-16-14-12-10-8-6-4-2/h14,16,26,28,33,35,45H,3-13,15,17-25,27,29-32,34,36-44H2,1-2H3,(H2,50,51,52)/b16-14+,28-26+,35-33+/t45-/m1/s1. The first-order valence-electron chi connectivity index (χ1n) is 23.3. The first kappa shape index (κ1) is 54.3. The van der Waals surface area contributed by atoms with Crippen molar-refractivity contribution < 1.29 is 37.9 Å². The van der Waals surface area contributed by atoms with Crippen LogP contribution < -0.4 is 0 Å². The second kappa shape index (κ2) is 42.9. The number of allylic oxidation sites excluding steroid dienone is 6. The van der Waals surface area contributed by atoms with Crippen LogP contribution >= 0.6 is 7.82 Å². The highest BCUT2D eigenvalue weighted by Crippen LogP contribution is 2.36. The highest BCUT2D eigenvalue weighted by molar-refractivity contribution is 7.46. The van der Waals surface area contributed by atoms with Crippen molar-refractivity contribution in [1.82, 2.24) is 0 Å². The zero-order valence-electron chi connectivity index (χ0n) is 36.3. The van der Waals surface area contributed by atoms with Crippen LogP contribution in [0, 0.1) is 0 Å². The average molecular weight is 811 g/mol. The van der Waals surface area contributed by atoms with E-state index in [4.69, 9.17) is 19.3 Å². The number of rotatable bonds is 43. The summed E-state index contributed by atoms with van der Waals surface area (Å²) < 4.78 is 26.4. The Hall–Kier alpha value is -1.73. The number of phosphoric ester groups is 1. The molecule has 0 spiro atoms. The van der Waals surface area contributed by atoms with Crippen LogP contribution in [0.3, 0.4) is 0 Å². The predicted octanol–water partition coefficient (Wildman–Crippen LogP) is 14.5. The summed E-state index contributed by atoms with van der Waals surface area (Å²) in [6.45, 7) is 3.66. The molecule has 0 bridgehead atoms. The summed E-state index contributed by atoms with van der Waals surface area (Å²) in [7, 11) is -4.76. The Labute approximate surface area is 344 Å². The van der Waals surface area contributed by atoms with E-state index in [0.717, 1.165) is 51.4 Å². The van der Waals surface area contributed by atoms with Gasteiger partial charge in [0.25, 0.3) is 0 Å². The highest BCUT2D eigenvalue weighted by Gasteiger charge is 2.22. The predicted molar refractivity (Wildman–Crippen MR) is 235 cm³/mol. The molecule has 0 aliphatic heterocycles. The summed E-state index contributed by atoms with van der Waals surface area (Å²) in [6.07, 6.45) is 51.7. The number of hydrogen-bond donors (Lipinski definition) is 2. The van der Waals surface area contributed by atoms with Gasteiger partial charge < -0.3 is 19.3 Å². The SMILES string of the molecule is CCCCCC/C=C/CCCCCCCCCC(=O)O[C@H](COC(=O)CCC/C=C/CC/C=C/CCCCCCCCCCCCCCCC)COP(=O)(O)O. The average Bonchev–Trinajstić information content (AvgIpc) is 3.17. The van der Waals surface area contributed by atoms with Crippen molar-refractivity contribution in [3.05, 3.63) is 36.5 Å². The number of unbranched alkanes of at least 4 members (excludes halogenated alkanes) is 27. The second-order valence-electron chi connectivity index (χ2n) is 15.7. The van der Waals surface area contributed by atoms with Crippen molar-refractivity contribution in [3.8, 4) is 0 Å². The van der Waals surface area contributed by atoms with Crippen LogP contribution in [-0.4, -0.2) is 41.0 Å². The highest BCUT2D eigenvalue weighted by atomic mass is 31.2. The summed E-state index contributed by atoms with van der Waals surface area (Å²) in [6, 6.07) is 0. The zero-order valence-corrected chi connectivity index (χ0v) is 37.2. The van der Waals surface area contributed by atoms with Crippen molar-refractivity contribution >= 4 is 19.8 Å². The van der Waals surface area contributed by atoms with Gasteiger partial charge in [0.05, 0.1) is 6.61 Å². The van der Waals surface area contributed by atoms with Crippen molar-refractivity contribution in [2.24, 2.45) is 0 Å². The van der Waals surface area contributed by atoms with Gasteiger partial charge in [-0.1, -0.05) is 185 Å². The maximum atomic E-state index is 12.4. The summed E-state index contributed by atoms with van der Waals surface area (Å²) >= 11 is 0. The number of phosphoric acid groups is 1. The minimum Gasteiger partial charge on any atom is -0.462 e. The van der Waals surface area contributed by atoms with Crippen LogP contribution in [0.5, 0.6) is 0 Å². The number of esters is 2. The lowest BCUT2D eigenvalue weighted by Crippen LogP contribution is -2.29. The van der Waals surface area contributed by atoms with E-state index in [2.05, 4.69) is 54.8 Å². The third kappa shape index (κ3) is 45.0. The smallest absolute Gasteiger partial charge is 0.462 e. The van der Waals surface area contributed by atoms with E-state index in [1.54, 1.807) is 0 Å². The van der Waals surface area contributed by atoms with Crippen LogP contribution in [0.4, 0.5) is 0 Å². The largest absolute Gasteiger partial charge is 0.469 e. The van der Waals surface area contributed by atoms with Crippen LogP contribution in [0.25, 0.3) is 0 Å². The second-order valence-corrected chi connectivity index (χ2v) is 17.0. The van der Waals surface area contributed by atoms with Gasteiger partial charge in [-0.25, -0.2) is 4.57 Å². The zero-order chi connectivity index (χ0) is 41.1. The topological polar surface area (TPSA) is 119 Å². The van der Waals surface area contributed by atoms with Crippen molar-refractivity contribution in [2.45, 2.75) is 238 Å². The molecule has 0 amide bonds. The molecule has 0 heterocycles. The number of carbonyl (C=O) groups excluding carboxylic acids is 2. The van der Waals surface area contributed by atoms with E-state index in [0.29, 0.717) is 12.8 Å². The van der Waals surface area contributed by atoms with Gasteiger partial charge in [0.1, 0.15) is 6.61 Å². The maximum absolute atomic E-state index is 12.4. The fourth-order valence-corrected chi connectivity index (χ4v) is 6.98. The molecule has 328 valence electrons. The number of hydrogen-bond acceptors (Lipinski definition) is 6. The number of ether oxygens (including phenoxy) is 2. The third-order valence-electron chi connectivity index (χ3n) is 10.1. The van der Waals surface area contributed by atoms with Crippen molar-refractivity contribution in [2.75, 3.05) is 13.2 Å². The molecule has 1 atom stereocenters. The Kier molecular flexibility index (Phi) is 41.5. The summed E-state index contributed by atoms with van der Waals surface area (Å²) in [5.74, 6) is -0.933. The van der Waals surface area contributed by atoms with Crippen LogP contribution in [0.1, 0.15) is 232 Å². The molecule has 0 aromatic heterocycles. The molecular formula is C47H87O8P. The molecule has 0 rings (SSSR count). The minimum atomic E-state index is -4.76. The van der Waals surface area contributed by atoms with E-state index < -0.39 is 32.5 Å². The molecule has 8 nitrogen and oxygen atoms in total. The minimum absolute atomic E-state index is 0.199. The van der Waals surface area contributed by atoms with Gasteiger partial charge in [-0.05, 0) is 70.6 Å². The molecule has 0 aliphatic rings. The molecule has 0 aromatic rings. The fraction of sp³-hybridized carbons (Fsp3) is 0.830. The molecule has 0 saturated carbocycles. The Balaban J connectivity index is 3.89. The molecular weight excluding hydrogens is 723 g/mol. The van der Waals surface area contributed by atoms with E-state index in [1.807, 2.05) is 0 Å². The lowest BCUT2D eigenvalue weighted by molar-refractivity contribution is -0.161. The van der Waals surface area contributed by atoms with Crippen LogP contribution in [0.15, 0.2) is 36.5 Å². The Bertz CT molecular complexity index is 1000. The first-order valence-corrected chi connectivity index (χ1v) is 24.8.